The van der Waals surface area contributed by atoms with E-state index in [1.54, 1.807) is 0 Å². The van der Waals surface area contributed by atoms with Crippen molar-refractivity contribution in [3.63, 3.8) is 0 Å². The number of furan rings is 1. The quantitative estimate of drug-likeness (QED) is 0.232. The zero-order chi connectivity index (χ0) is 26.8. The first-order valence-corrected chi connectivity index (χ1v) is 14.4. The summed E-state index contributed by atoms with van der Waals surface area (Å²) in [6.45, 7) is 15.8. The molecule has 2 nitrogen and oxygen atoms in total. The second-order valence-electron chi connectivity index (χ2n) is 12.1. The molecule has 3 aromatic heterocycles. The first-order valence-electron chi connectivity index (χ1n) is 13.5. The number of aromatic nitrogens is 1. The van der Waals surface area contributed by atoms with Crippen molar-refractivity contribution < 1.29 is 4.42 Å². The minimum Gasteiger partial charge on any atom is -0.462 e. The lowest BCUT2D eigenvalue weighted by Crippen LogP contribution is -2.12. The van der Waals surface area contributed by atoms with Crippen molar-refractivity contribution in [2.75, 3.05) is 0 Å². The summed E-state index contributed by atoms with van der Waals surface area (Å²) in [5.74, 6) is 0.618. The Morgan fingerprint density at radius 3 is 2.45 bits per heavy atom. The summed E-state index contributed by atoms with van der Waals surface area (Å²) in [5, 5.41) is 3.92. The van der Waals surface area contributed by atoms with E-state index < -0.39 is 0 Å². The van der Waals surface area contributed by atoms with Crippen molar-refractivity contribution in [1.29, 1.82) is 0 Å². The van der Waals surface area contributed by atoms with E-state index >= 15 is 0 Å². The number of fused-ring (bicyclic) bond motifs is 3. The maximum absolute atomic E-state index is 6.13. The molecule has 0 spiro atoms. The number of rotatable bonds is 4. The summed E-state index contributed by atoms with van der Waals surface area (Å²) in [7, 11) is 0. The van der Waals surface area contributed by atoms with E-state index in [4.69, 9.17) is 9.40 Å². The van der Waals surface area contributed by atoms with Crippen LogP contribution in [0.3, 0.4) is 0 Å². The number of hydrogen-bond acceptors (Lipinski definition) is 3. The lowest BCUT2D eigenvalue weighted by molar-refractivity contribution is 0.596. The Morgan fingerprint density at radius 2 is 1.68 bits per heavy atom. The Labute approximate surface area is 229 Å². The number of benzene rings is 3. The Balaban J connectivity index is 1.60. The monoisotopic (exact) mass is 517 g/mol. The zero-order valence-electron chi connectivity index (χ0n) is 23.4. The van der Waals surface area contributed by atoms with E-state index in [9.17, 15) is 0 Å². The van der Waals surface area contributed by atoms with E-state index in [0.717, 1.165) is 39.9 Å². The Bertz CT molecular complexity index is 1830. The van der Waals surface area contributed by atoms with E-state index in [-0.39, 0.29) is 5.41 Å². The average molecular weight is 518 g/mol. The van der Waals surface area contributed by atoms with Crippen LogP contribution in [0.2, 0.25) is 0 Å². The van der Waals surface area contributed by atoms with Gasteiger partial charge >= 0.3 is 0 Å². The van der Waals surface area contributed by atoms with Gasteiger partial charge in [-0.2, -0.15) is 0 Å². The van der Waals surface area contributed by atoms with Crippen molar-refractivity contribution in [2.24, 2.45) is 5.92 Å². The predicted octanol–water partition coefficient (Wildman–Crippen LogP) is 10.6. The average Bonchev–Trinajstić information content (AvgIpc) is 3.40. The van der Waals surface area contributed by atoms with Gasteiger partial charge in [0.2, 0.25) is 0 Å². The van der Waals surface area contributed by atoms with E-state index in [2.05, 4.69) is 109 Å². The molecule has 3 heteroatoms. The number of nitrogens with zero attached hydrogens (tertiary/aromatic N) is 1. The van der Waals surface area contributed by atoms with Crippen LogP contribution in [0.15, 0.2) is 71.3 Å². The van der Waals surface area contributed by atoms with Crippen molar-refractivity contribution in [2.45, 2.75) is 60.3 Å². The summed E-state index contributed by atoms with van der Waals surface area (Å²) >= 11 is 1.90. The van der Waals surface area contributed by atoms with Gasteiger partial charge < -0.3 is 4.42 Å². The molecule has 0 saturated heterocycles. The molecule has 6 aromatic rings. The lowest BCUT2D eigenvalue weighted by atomic mass is 9.82. The molecule has 3 heterocycles. The van der Waals surface area contributed by atoms with Crippen LogP contribution < -0.4 is 0 Å². The van der Waals surface area contributed by atoms with Crippen LogP contribution in [0, 0.1) is 19.8 Å². The lowest BCUT2D eigenvalue weighted by Gasteiger charge is -2.23. The maximum Gasteiger partial charge on any atom is 0.160 e. The molecule has 0 radical (unpaired) electrons. The Kier molecular flexibility index (Phi) is 5.96. The molecule has 192 valence electrons. The standard InChI is InChI=1S/C35H35NOS/c1-20(2)14-27-22(4)38-32-13-12-24(16-29(27)32)28-18-31(36-33-21(3)19-37-34(28)33)25-15-23-10-8-9-11-26(23)30(17-25)35(5,6)7/h8-13,15-20H,14H2,1-7H3. The molecule has 6 rings (SSSR count). The van der Waals surface area contributed by atoms with Crippen LogP contribution in [-0.4, -0.2) is 4.98 Å². The van der Waals surface area contributed by atoms with Gasteiger partial charge in [-0.15, -0.1) is 11.3 Å². The molecule has 0 N–H and O–H groups in total. The van der Waals surface area contributed by atoms with Crippen LogP contribution >= 0.6 is 11.3 Å². The summed E-state index contributed by atoms with van der Waals surface area (Å²) in [6.07, 6.45) is 2.93. The Hall–Kier alpha value is -3.43. The predicted molar refractivity (Wildman–Crippen MR) is 164 cm³/mol. The fourth-order valence-electron chi connectivity index (χ4n) is 5.66. The minimum atomic E-state index is 0.0166. The van der Waals surface area contributed by atoms with E-state index in [0.29, 0.717) is 5.92 Å². The molecular weight excluding hydrogens is 482 g/mol. The normalized spacial score (nSPS) is 12.4. The number of pyridine rings is 1. The molecule has 0 unspecified atom stereocenters. The molecule has 0 aliphatic rings. The summed E-state index contributed by atoms with van der Waals surface area (Å²) in [4.78, 5) is 6.58. The molecule has 38 heavy (non-hydrogen) atoms. The summed E-state index contributed by atoms with van der Waals surface area (Å²) < 4.78 is 7.48. The molecule has 3 aromatic carbocycles. The first kappa shape index (κ1) is 24.9. The summed E-state index contributed by atoms with van der Waals surface area (Å²) in [5.41, 5.74) is 10.1. The fourth-order valence-corrected chi connectivity index (χ4v) is 6.74. The van der Waals surface area contributed by atoms with Crippen molar-refractivity contribution in [3.05, 3.63) is 88.5 Å². The number of thiophene rings is 1. The van der Waals surface area contributed by atoms with Gasteiger partial charge in [0.1, 0.15) is 5.52 Å². The maximum atomic E-state index is 6.13. The van der Waals surface area contributed by atoms with E-state index in [1.165, 1.54) is 42.4 Å². The van der Waals surface area contributed by atoms with Gasteiger partial charge in [0.15, 0.2) is 5.58 Å². The second-order valence-corrected chi connectivity index (χ2v) is 13.3. The van der Waals surface area contributed by atoms with Crippen LogP contribution in [0.5, 0.6) is 0 Å². The molecule has 0 atom stereocenters. The molecule has 0 saturated carbocycles. The molecule has 0 aliphatic heterocycles. The van der Waals surface area contributed by atoms with E-state index in [1.807, 2.05) is 17.6 Å². The van der Waals surface area contributed by atoms with Crippen molar-refractivity contribution in [3.8, 4) is 22.4 Å². The third-order valence-electron chi connectivity index (χ3n) is 7.58. The van der Waals surface area contributed by atoms with Crippen LogP contribution in [0.1, 0.15) is 56.2 Å². The highest BCUT2D eigenvalue weighted by molar-refractivity contribution is 7.19. The number of hydrogen-bond donors (Lipinski definition) is 0. The van der Waals surface area contributed by atoms with Gasteiger partial charge in [0.25, 0.3) is 0 Å². The first-order chi connectivity index (χ1) is 18.1. The van der Waals surface area contributed by atoms with Crippen molar-refractivity contribution >= 4 is 43.3 Å². The van der Waals surface area contributed by atoms with Crippen LogP contribution in [0.25, 0.3) is 54.3 Å². The molecule has 0 aliphatic carbocycles. The third kappa shape index (κ3) is 4.23. The van der Waals surface area contributed by atoms with Crippen LogP contribution in [-0.2, 0) is 11.8 Å². The highest BCUT2D eigenvalue weighted by Crippen LogP contribution is 2.40. The third-order valence-corrected chi connectivity index (χ3v) is 8.71. The Morgan fingerprint density at radius 1 is 0.895 bits per heavy atom. The van der Waals surface area contributed by atoms with Gasteiger partial charge in [-0.05, 0) is 94.8 Å². The topological polar surface area (TPSA) is 26.0 Å². The molecule has 0 fully saturated rings. The highest BCUT2D eigenvalue weighted by atomic mass is 32.1. The van der Waals surface area contributed by atoms with Gasteiger partial charge in [-0.25, -0.2) is 4.98 Å². The SMILES string of the molecule is Cc1sc2ccc(-c3cc(-c4cc(C(C)(C)C)c5ccccc5c4)nc4c(C)coc34)cc2c1CC(C)C. The van der Waals surface area contributed by atoms with Crippen molar-refractivity contribution in [1.82, 2.24) is 4.98 Å². The smallest absolute Gasteiger partial charge is 0.160 e. The summed E-state index contributed by atoms with van der Waals surface area (Å²) in [6, 6.07) is 22.4. The minimum absolute atomic E-state index is 0.0166. The van der Waals surface area contributed by atoms with Gasteiger partial charge in [-0.3, -0.25) is 0 Å². The van der Waals surface area contributed by atoms with Gasteiger partial charge in [0, 0.05) is 26.3 Å². The second kappa shape index (κ2) is 9.10. The largest absolute Gasteiger partial charge is 0.462 e. The molecule has 0 amide bonds. The molecular formula is C35H35NOS. The molecule has 0 bridgehead atoms. The van der Waals surface area contributed by atoms with Crippen LogP contribution in [0.4, 0.5) is 0 Å². The highest BCUT2D eigenvalue weighted by Gasteiger charge is 2.21. The number of aryl methyl sites for hydroxylation is 2. The van der Waals surface area contributed by atoms with Gasteiger partial charge in [-0.1, -0.05) is 65.0 Å². The fraction of sp³-hybridized carbons (Fsp3) is 0.286. The zero-order valence-corrected chi connectivity index (χ0v) is 24.2. The van der Waals surface area contributed by atoms with Gasteiger partial charge in [0.05, 0.1) is 12.0 Å².